The van der Waals surface area contributed by atoms with Crippen LogP contribution in [0.2, 0.25) is 0 Å². The molecule has 0 fully saturated rings. The summed E-state index contributed by atoms with van der Waals surface area (Å²) in [6.07, 6.45) is 4.25. The van der Waals surface area contributed by atoms with E-state index in [4.69, 9.17) is 5.11 Å². The van der Waals surface area contributed by atoms with Crippen LogP contribution in [0.1, 0.15) is 0 Å². The largest absolute Gasteiger partial charge is 0.384 e. The first kappa shape index (κ1) is 7.33. The van der Waals surface area contributed by atoms with Gasteiger partial charge in [0.1, 0.15) is 6.61 Å². The fourth-order valence-electron chi connectivity index (χ4n) is 0.874. The maximum Gasteiger partial charge on any atom is 0.104 e. The lowest BCUT2D eigenvalue weighted by molar-refractivity contribution is 0.349. The van der Waals surface area contributed by atoms with Crippen molar-refractivity contribution in [3.63, 3.8) is 0 Å². The summed E-state index contributed by atoms with van der Waals surface area (Å²) in [7, 11) is 0. The van der Waals surface area contributed by atoms with Crippen molar-refractivity contribution >= 4 is 0 Å². The van der Waals surface area contributed by atoms with E-state index in [2.05, 4.69) is 28.9 Å². The van der Waals surface area contributed by atoms with Crippen LogP contribution < -0.4 is 0 Å². The first-order valence-electron chi connectivity index (χ1n) is 3.37. The van der Waals surface area contributed by atoms with Crippen LogP contribution in [0.15, 0.2) is 12.2 Å². The van der Waals surface area contributed by atoms with Gasteiger partial charge in [0.25, 0.3) is 0 Å². The van der Waals surface area contributed by atoms with Crippen molar-refractivity contribution in [1.29, 1.82) is 0 Å². The Kier molecular flexibility index (Phi) is 3.01. The van der Waals surface area contributed by atoms with E-state index in [1.54, 1.807) is 0 Å². The molecule has 1 rings (SSSR count). The molecule has 1 N–H and O–H groups in total. The minimum Gasteiger partial charge on any atom is -0.384 e. The zero-order chi connectivity index (χ0) is 7.23. The Hall–Kier alpha value is -0.780. The Morgan fingerprint density at radius 2 is 2.00 bits per heavy atom. The fourth-order valence-corrected chi connectivity index (χ4v) is 0.874. The minimum absolute atomic E-state index is 0.0265. The lowest BCUT2D eigenvalue weighted by Gasteiger charge is -2.08. The third-order valence-electron chi connectivity index (χ3n) is 1.40. The first-order valence-corrected chi connectivity index (χ1v) is 3.37. The Morgan fingerprint density at radius 3 is 2.60 bits per heavy atom. The molecular weight excluding hydrogens is 126 g/mol. The fraction of sp³-hybridized carbons (Fsp3) is 0.500. The number of nitrogens with zero attached hydrogens (tertiary/aromatic N) is 1. The summed E-state index contributed by atoms with van der Waals surface area (Å²) in [4.78, 5) is 2.20. The van der Waals surface area contributed by atoms with Crippen molar-refractivity contribution in [2.45, 2.75) is 0 Å². The smallest absolute Gasteiger partial charge is 0.104 e. The second kappa shape index (κ2) is 4.10. The van der Waals surface area contributed by atoms with Crippen molar-refractivity contribution in [3.05, 3.63) is 12.2 Å². The number of aliphatic hydroxyl groups excluding tert-OH is 1. The molecule has 0 aromatic heterocycles. The summed E-state index contributed by atoms with van der Waals surface area (Å²) < 4.78 is 0. The maximum atomic E-state index is 8.33. The van der Waals surface area contributed by atoms with Gasteiger partial charge in [-0.25, -0.2) is 0 Å². The van der Waals surface area contributed by atoms with Crippen LogP contribution in [0.25, 0.3) is 0 Å². The number of aliphatic hydroxyl groups is 1. The zero-order valence-electron chi connectivity index (χ0n) is 5.88. The van der Waals surface area contributed by atoms with Crippen LogP contribution in [-0.2, 0) is 0 Å². The maximum absolute atomic E-state index is 8.33. The Balaban J connectivity index is 2.14. The van der Waals surface area contributed by atoms with Gasteiger partial charge >= 0.3 is 0 Å². The molecule has 2 nitrogen and oxygen atoms in total. The molecule has 0 unspecified atom stereocenters. The first-order chi connectivity index (χ1) is 4.93. The molecule has 0 atom stereocenters. The van der Waals surface area contributed by atoms with E-state index < -0.39 is 0 Å². The zero-order valence-corrected chi connectivity index (χ0v) is 5.88. The summed E-state index contributed by atoms with van der Waals surface area (Å²) in [6.45, 7) is 2.75. The summed E-state index contributed by atoms with van der Waals surface area (Å²) in [5.74, 6) is 5.47. The number of hydrogen-bond acceptors (Lipinski definition) is 2. The molecule has 0 amide bonds. The molecule has 54 valence electrons. The molecule has 2 heteroatoms. The van der Waals surface area contributed by atoms with Gasteiger partial charge < -0.3 is 5.11 Å². The quantitative estimate of drug-likeness (QED) is 0.401. The molecule has 0 saturated heterocycles. The average Bonchev–Trinajstić information content (AvgIpc) is 2.41. The Morgan fingerprint density at radius 1 is 1.30 bits per heavy atom. The van der Waals surface area contributed by atoms with Gasteiger partial charge in [0.15, 0.2) is 0 Å². The van der Waals surface area contributed by atoms with E-state index in [1.807, 2.05) is 0 Å². The van der Waals surface area contributed by atoms with E-state index >= 15 is 0 Å². The highest BCUT2D eigenvalue weighted by Gasteiger charge is 2.01. The molecule has 0 bridgehead atoms. The lowest BCUT2D eigenvalue weighted by atomic mass is 10.5. The highest BCUT2D eigenvalue weighted by atomic mass is 16.2. The van der Waals surface area contributed by atoms with E-state index in [1.165, 1.54) is 0 Å². The van der Waals surface area contributed by atoms with Gasteiger partial charge in [-0.1, -0.05) is 24.0 Å². The van der Waals surface area contributed by atoms with Gasteiger partial charge in [-0.15, -0.1) is 0 Å². The molecule has 0 aliphatic carbocycles. The highest BCUT2D eigenvalue weighted by molar-refractivity contribution is 5.05. The van der Waals surface area contributed by atoms with Crippen LogP contribution in [0.4, 0.5) is 0 Å². The second-order valence-electron chi connectivity index (χ2n) is 2.18. The van der Waals surface area contributed by atoms with Crippen molar-refractivity contribution in [2.24, 2.45) is 0 Å². The third-order valence-corrected chi connectivity index (χ3v) is 1.40. The van der Waals surface area contributed by atoms with E-state index in [-0.39, 0.29) is 6.61 Å². The van der Waals surface area contributed by atoms with Gasteiger partial charge in [0.2, 0.25) is 0 Å². The number of hydrogen-bond donors (Lipinski definition) is 1. The summed E-state index contributed by atoms with van der Waals surface area (Å²) in [5, 5.41) is 8.33. The molecule has 0 spiro atoms. The van der Waals surface area contributed by atoms with Gasteiger partial charge in [0, 0.05) is 13.1 Å². The van der Waals surface area contributed by atoms with Gasteiger partial charge in [-0.3, -0.25) is 4.90 Å². The average molecular weight is 137 g/mol. The predicted molar refractivity (Wildman–Crippen MR) is 40.4 cm³/mol. The molecule has 1 aliphatic heterocycles. The molecule has 0 aromatic rings. The predicted octanol–water partition coefficient (Wildman–Crippen LogP) is -0.146. The number of rotatable bonds is 1. The SMILES string of the molecule is OCC#CCN1CC=CC1. The monoisotopic (exact) mass is 137 g/mol. The highest BCUT2D eigenvalue weighted by Crippen LogP contribution is 1.95. The summed E-state index contributed by atoms with van der Waals surface area (Å²) in [6, 6.07) is 0. The Bertz CT molecular complexity index is 167. The molecule has 1 heterocycles. The van der Waals surface area contributed by atoms with E-state index in [0.29, 0.717) is 0 Å². The molecule has 1 aliphatic rings. The van der Waals surface area contributed by atoms with Gasteiger partial charge in [-0.05, 0) is 0 Å². The standard InChI is InChI=1S/C8H11NO/c10-8-4-3-7-9-5-1-2-6-9/h1-2,10H,5-8H2. The Labute approximate surface area is 61.2 Å². The molecular formula is C8H11NO. The van der Waals surface area contributed by atoms with Crippen molar-refractivity contribution in [2.75, 3.05) is 26.2 Å². The van der Waals surface area contributed by atoms with Crippen LogP contribution in [0, 0.1) is 11.8 Å². The van der Waals surface area contributed by atoms with Crippen molar-refractivity contribution in [3.8, 4) is 11.8 Å². The van der Waals surface area contributed by atoms with E-state index in [9.17, 15) is 0 Å². The normalized spacial score (nSPS) is 16.9. The minimum atomic E-state index is -0.0265. The van der Waals surface area contributed by atoms with Gasteiger partial charge in [-0.2, -0.15) is 0 Å². The summed E-state index contributed by atoms with van der Waals surface area (Å²) in [5.41, 5.74) is 0. The van der Waals surface area contributed by atoms with Crippen molar-refractivity contribution < 1.29 is 5.11 Å². The summed E-state index contributed by atoms with van der Waals surface area (Å²) >= 11 is 0. The molecule has 0 radical (unpaired) electrons. The van der Waals surface area contributed by atoms with Crippen LogP contribution >= 0.6 is 0 Å². The molecule has 10 heavy (non-hydrogen) atoms. The van der Waals surface area contributed by atoms with Crippen molar-refractivity contribution in [1.82, 2.24) is 4.90 Å². The topological polar surface area (TPSA) is 23.5 Å². The van der Waals surface area contributed by atoms with Crippen LogP contribution in [0.3, 0.4) is 0 Å². The molecule has 0 saturated carbocycles. The van der Waals surface area contributed by atoms with Gasteiger partial charge in [0.05, 0.1) is 6.54 Å². The van der Waals surface area contributed by atoms with Crippen LogP contribution in [-0.4, -0.2) is 36.2 Å². The second-order valence-corrected chi connectivity index (χ2v) is 2.18. The lowest BCUT2D eigenvalue weighted by Crippen LogP contribution is -2.19. The third kappa shape index (κ3) is 2.22. The van der Waals surface area contributed by atoms with E-state index in [0.717, 1.165) is 19.6 Å². The van der Waals surface area contributed by atoms with Crippen LogP contribution in [0.5, 0.6) is 0 Å². The molecule has 0 aromatic carbocycles.